The number of halogens is 1. The van der Waals surface area contributed by atoms with Gasteiger partial charge in [-0.05, 0) is 54.6 Å². The van der Waals surface area contributed by atoms with Crippen LogP contribution >= 0.6 is 0 Å². The number of anilines is 1. The first kappa shape index (κ1) is 18.4. The monoisotopic (exact) mass is 388 g/mol. The topological polar surface area (TPSA) is 60.3 Å². The molecule has 1 N–H and O–H groups in total. The number of benzene rings is 3. The molecule has 3 aromatic carbocycles. The number of hydrogen-bond donors (Lipinski definition) is 1. The first-order chi connectivity index (χ1) is 14.0. The van der Waals surface area contributed by atoms with E-state index in [1.54, 1.807) is 24.3 Å². The lowest BCUT2D eigenvalue weighted by atomic mass is 10.1. The fourth-order valence-corrected chi connectivity index (χ4v) is 3.07. The molecule has 0 aliphatic rings. The normalized spacial score (nSPS) is 10.7. The summed E-state index contributed by atoms with van der Waals surface area (Å²) < 4.78 is 20.6. The first-order valence-corrected chi connectivity index (χ1v) is 8.97. The summed E-state index contributed by atoms with van der Waals surface area (Å²) in [4.78, 5) is 24.6. The van der Waals surface area contributed by atoms with E-state index in [0.29, 0.717) is 33.7 Å². The van der Waals surface area contributed by atoms with Crippen molar-refractivity contribution < 1.29 is 18.7 Å². The maximum Gasteiger partial charge on any atom is 0.257 e. The molecular formula is C23H17FN2O3. The summed E-state index contributed by atoms with van der Waals surface area (Å²) >= 11 is 0. The molecule has 1 aromatic heterocycles. The minimum absolute atomic E-state index is 0.291. The smallest absolute Gasteiger partial charge is 0.257 e. The first-order valence-electron chi connectivity index (χ1n) is 8.97. The van der Waals surface area contributed by atoms with E-state index in [0.717, 1.165) is 0 Å². The number of nitrogens with one attached hydrogen (secondary N) is 1. The van der Waals surface area contributed by atoms with Gasteiger partial charge in [0.2, 0.25) is 5.91 Å². The van der Waals surface area contributed by atoms with Gasteiger partial charge in [0.25, 0.3) is 5.91 Å². The van der Waals surface area contributed by atoms with Crippen molar-refractivity contribution in [2.45, 2.75) is 6.92 Å². The highest BCUT2D eigenvalue weighted by molar-refractivity contribution is 6.14. The molecule has 1 heterocycles. The van der Waals surface area contributed by atoms with Crippen molar-refractivity contribution in [3.63, 3.8) is 0 Å². The standard InChI is InChI=1S/C23H17FN2O3/c1-15(27)26-14-21(20-12-7-16(24)13-22(20)26)23(28)25-17-8-10-19(11-9-17)29-18-5-3-2-4-6-18/h2-14H,1H3,(H,25,28). The van der Waals surface area contributed by atoms with Crippen molar-refractivity contribution in [3.05, 3.63) is 90.4 Å². The lowest BCUT2D eigenvalue weighted by molar-refractivity contribution is 0.0941. The van der Waals surface area contributed by atoms with Gasteiger partial charge in [-0.15, -0.1) is 0 Å². The van der Waals surface area contributed by atoms with Gasteiger partial charge in [-0.25, -0.2) is 4.39 Å². The molecule has 0 spiro atoms. The Morgan fingerprint density at radius 1 is 0.931 bits per heavy atom. The zero-order valence-corrected chi connectivity index (χ0v) is 15.6. The molecule has 0 fully saturated rings. The number of hydrogen-bond acceptors (Lipinski definition) is 3. The van der Waals surface area contributed by atoms with Crippen LogP contribution in [0.2, 0.25) is 0 Å². The summed E-state index contributed by atoms with van der Waals surface area (Å²) in [5, 5.41) is 3.30. The van der Waals surface area contributed by atoms with E-state index >= 15 is 0 Å². The zero-order valence-electron chi connectivity index (χ0n) is 15.6. The Balaban J connectivity index is 1.56. The van der Waals surface area contributed by atoms with Gasteiger partial charge in [-0.3, -0.25) is 14.2 Å². The van der Waals surface area contributed by atoms with Crippen molar-refractivity contribution in [2.75, 3.05) is 5.32 Å². The van der Waals surface area contributed by atoms with Gasteiger partial charge in [0.1, 0.15) is 17.3 Å². The molecule has 0 saturated heterocycles. The summed E-state index contributed by atoms with van der Waals surface area (Å²) in [6, 6.07) is 20.3. The highest BCUT2D eigenvalue weighted by atomic mass is 19.1. The minimum Gasteiger partial charge on any atom is -0.457 e. The van der Waals surface area contributed by atoms with E-state index in [2.05, 4.69) is 5.32 Å². The molecule has 0 saturated carbocycles. The fourth-order valence-electron chi connectivity index (χ4n) is 3.07. The Morgan fingerprint density at radius 3 is 2.31 bits per heavy atom. The van der Waals surface area contributed by atoms with Crippen molar-refractivity contribution in [1.82, 2.24) is 4.57 Å². The van der Waals surface area contributed by atoms with E-state index in [-0.39, 0.29) is 5.91 Å². The van der Waals surface area contributed by atoms with E-state index in [4.69, 9.17) is 4.74 Å². The maximum atomic E-state index is 13.6. The van der Waals surface area contributed by atoms with Gasteiger partial charge in [0, 0.05) is 24.2 Å². The zero-order chi connectivity index (χ0) is 20.4. The molecule has 6 heteroatoms. The van der Waals surface area contributed by atoms with Crippen molar-refractivity contribution in [1.29, 1.82) is 0 Å². The Bertz CT molecular complexity index is 1200. The van der Waals surface area contributed by atoms with Crippen LogP contribution in [-0.4, -0.2) is 16.4 Å². The van der Waals surface area contributed by atoms with Crippen LogP contribution in [0.3, 0.4) is 0 Å². The maximum absolute atomic E-state index is 13.6. The Morgan fingerprint density at radius 2 is 1.62 bits per heavy atom. The summed E-state index contributed by atoms with van der Waals surface area (Å²) in [7, 11) is 0. The number of para-hydroxylation sites is 1. The molecule has 0 atom stereocenters. The molecule has 0 radical (unpaired) electrons. The van der Waals surface area contributed by atoms with Gasteiger partial charge < -0.3 is 10.1 Å². The number of fused-ring (bicyclic) bond motifs is 1. The molecular weight excluding hydrogens is 371 g/mol. The summed E-state index contributed by atoms with van der Waals surface area (Å²) in [5.41, 5.74) is 1.22. The quantitative estimate of drug-likeness (QED) is 0.503. The van der Waals surface area contributed by atoms with Crippen LogP contribution < -0.4 is 10.1 Å². The van der Waals surface area contributed by atoms with Crippen LogP contribution in [0, 0.1) is 5.82 Å². The average molecular weight is 388 g/mol. The van der Waals surface area contributed by atoms with Crippen LogP contribution in [0.4, 0.5) is 10.1 Å². The second-order valence-corrected chi connectivity index (χ2v) is 6.49. The number of nitrogens with zero attached hydrogens (tertiary/aromatic N) is 1. The SMILES string of the molecule is CC(=O)n1cc(C(=O)Nc2ccc(Oc3ccccc3)cc2)c2ccc(F)cc21. The van der Waals surface area contributed by atoms with Crippen molar-refractivity contribution >= 4 is 28.4 Å². The molecule has 0 aliphatic heterocycles. The van der Waals surface area contributed by atoms with Crippen LogP contribution in [0.15, 0.2) is 79.0 Å². The number of carbonyl (C=O) groups is 2. The fraction of sp³-hybridized carbons (Fsp3) is 0.0435. The third-order valence-electron chi connectivity index (χ3n) is 4.44. The molecule has 1 amide bonds. The number of rotatable bonds is 4. The van der Waals surface area contributed by atoms with E-state index in [9.17, 15) is 14.0 Å². The van der Waals surface area contributed by atoms with Crippen LogP contribution in [0.25, 0.3) is 10.9 Å². The van der Waals surface area contributed by atoms with E-state index in [1.807, 2.05) is 30.3 Å². The van der Waals surface area contributed by atoms with E-state index in [1.165, 1.54) is 35.9 Å². The Kier molecular flexibility index (Phi) is 4.83. The third kappa shape index (κ3) is 3.87. The highest BCUT2D eigenvalue weighted by Crippen LogP contribution is 2.25. The largest absolute Gasteiger partial charge is 0.457 e. The van der Waals surface area contributed by atoms with Crippen LogP contribution in [-0.2, 0) is 0 Å². The third-order valence-corrected chi connectivity index (χ3v) is 4.44. The minimum atomic E-state index is -0.473. The predicted octanol–water partition coefficient (Wildman–Crippen LogP) is 5.49. The van der Waals surface area contributed by atoms with Gasteiger partial charge in [0.05, 0.1) is 11.1 Å². The van der Waals surface area contributed by atoms with E-state index < -0.39 is 11.7 Å². The summed E-state index contributed by atoms with van der Waals surface area (Å²) in [6.07, 6.45) is 1.43. The van der Waals surface area contributed by atoms with Crippen LogP contribution in [0.5, 0.6) is 11.5 Å². The second-order valence-electron chi connectivity index (χ2n) is 6.49. The van der Waals surface area contributed by atoms with Gasteiger partial charge in [-0.2, -0.15) is 0 Å². The Hall–Kier alpha value is -3.93. The van der Waals surface area contributed by atoms with Crippen molar-refractivity contribution in [2.24, 2.45) is 0 Å². The van der Waals surface area contributed by atoms with Crippen molar-refractivity contribution in [3.8, 4) is 11.5 Å². The molecule has 29 heavy (non-hydrogen) atoms. The highest BCUT2D eigenvalue weighted by Gasteiger charge is 2.17. The number of amides is 1. The van der Waals surface area contributed by atoms with Gasteiger partial charge in [0.15, 0.2) is 0 Å². The molecule has 0 bridgehead atoms. The van der Waals surface area contributed by atoms with Gasteiger partial charge >= 0.3 is 0 Å². The molecule has 5 nitrogen and oxygen atoms in total. The van der Waals surface area contributed by atoms with Crippen LogP contribution in [0.1, 0.15) is 22.1 Å². The number of carbonyl (C=O) groups excluding carboxylic acids is 2. The molecule has 4 aromatic rings. The number of aromatic nitrogens is 1. The molecule has 0 aliphatic carbocycles. The molecule has 0 unspecified atom stereocenters. The average Bonchev–Trinajstić information content (AvgIpc) is 3.09. The second kappa shape index (κ2) is 7.59. The number of ether oxygens (including phenoxy) is 1. The lowest BCUT2D eigenvalue weighted by Gasteiger charge is -2.08. The molecule has 144 valence electrons. The predicted molar refractivity (Wildman–Crippen MR) is 109 cm³/mol. The summed E-state index contributed by atoms with van der Waals surface area (Å²) in [6.45, 7) is 1.36. The lowest BCUT2D eigenvalue weighted by Crippen LogP contribution is -2.11. The summed E-state index contributed by atoms with van der Waals surface area (Å²) in [5.74, 6) is 0.186. The van der Waals surface area contributed by atoms with Gasteiger partial charge in [-0.1, -0.05) is 18.2 Å². The molecule has 4 rings (SSSR count). The Labute approximate surface area is 166 Å².